The minimum absolute atomic E-state index is 0.252. The van der Waals surface area contributed by atoms with Crippen molar-refractivity contribution in [2.45, 2.75) is 6.18 Å². The average Bonchev–Trinajstić information content (AvgIpc) is 2.40. The second-order valence-electron chi connectivity index (χ2n) is 3.73. The zero-order valence-electron chi connectivity index (χ0n) is 9.87. The maximum absolute atomic E-state index is 12.6. The highest BCUT2D eigenvalue weighted by Gasteiger charge is 2.30. The highest BCUT2D eigenvalue weighted by Crippen LogP contribution is 2.33. The number of nitrogens with two attached hydrogens (primary N) is 1. The van der Waals surface area contributed by atoms with E-state index in [4.69, 9.17) is 5.84 Å². The Kier molecular flexibility index (Phi) is 4.09. The van der Waals surface area contributed by atoms with Gasteiger partial charge in [0, 0.05) is 5.69 Å². The monoisotopic (exact) mass is 347 g/mol. The molecule has 0 amide bonds. The molecule has 4 N–H and O–H groups in total. The number of nitrogen functional groups attached to an aromatic ring is 1. The van der Waals surface area contributed by atoms with Crippen molar-refractivity contribution < 1.29 is 13.2 Å². The number of rotatable bonds is 3. The van der Waals surface area contributed by atoms with Crippen LogP contribution in [-0.4, -0.2) is 9.97 Å². The zero-order chi connectivity index (χ0) is 14.8. The molecule has 20 heavy (non-hydrogen) atoms. The maximum atomic E-state index is 12.6. The first-order valence-electron chi connectivity index (χ1n) is 5.33. The minimum atomic E-state index is -4.40. The van der Waals surface area contributed by atoms with Crippen LogP contribution in [0.5, 0.6) is 0 Å². The number of nitrogens with zero attached hydrogens (tertiary/aromatic N) is 2. The summed E-state index contributed by atoms with van der Waals surface area (Å²) in [5.41, 5.74) is 1.85. The van der Waals surface area contributed by atoms with E-state index in [2.05, 4.69) is 36.6 Å². The lowest BCUT2D eigenvalue weighted by Gasteiger charge is -2.12. The number of halogens is 4. The summed E-state index contributed by atoms with van der Waals surface area (Å²) in [5, 5.41) is 2.77. The van der Waals surface area contributed by atoms with Crippen LogP contribution < -0.4 is 16.6 Å². The molecular weight excluding hydrogens is 339 g/mol. The molecule has 5 nitrogen and oxygen atoms in total. The molecule has 1 aromatic carbocycles. The molecule has 0 aliphatic rings. The summed E-state index contributed by atoms with van der Waals surface area (Å²) >= 11 is 3.20. The molecule has 1 aromatic heterocycles. The number of anilines is 3. The number of aromatic nitrogens is 2. The van der Waals surface area contributed by atoms with Crippen molar-refractivity contribution >= 4 is 33.3 Å². The number of alkyl halides is 3. The van der Waals surface area contributed by atoms with Crippen LogP contribution in [0, 0.1) is 0 Å². The van der Waals surface area contributed by atoms with Crippen molar-refractivity contribution in [2.75, 3.05) is 10.7 Å². The van der Waals surface area contributed by atoms with Gasteiger partial charge in [-0.25, -0.2) is 15.8 Å². The highest BCUT2D eigenvalue weighted by molar-refractivity contribution is 9.10. The van der Waals surface area contributed by atoms with E-state index in [1.165, 1.54) is 18.5 Å². The van der Waals surface area contributed by atoms with Gasteiger partial charge in [0.25, 0.3) is 0 Å². The van der Waals surface area contributed by atoms with Crippen LogP contribution in [-0.2, 0) is 6.18 Å². The number of hydrogen-bond donors (Lipinski definition) is 3. The first-order valence-corrected chi connectivity index (χ1v) is 6.12. The second kappa shape index (κ2) is 5.63. The predicted molar refractivity (Wildman–Crippen MR) is 72.3 cm³/mol. The molecule has 0 fully saturated rings. The Bertz CT molecular complexity index is 617. The topological polar surface area (TPSA) is 75.9 Å². The summed E-state index contributed by atoms with van der Waals surface area (Å²) in [7, 11) is 0. The first kappa shape index (κ1) is 14.5. The largest absolute Gasteiger partial charge is 0.416 e. The van der Waals surface area contributed by atoms with Gasteiger partial charge in [-0.2, -0.15) is 13.2 Å². The summed E-state index contributed by atoms with van der Waals surface area (Å²) in [5.74, 6) is 5.86. The molecule has 0 saturated carbocycles. The molecule has 0 unspecified atom stereocenters. The van der Waals surface area contributed by atoms with Gasteiger partial charge in [0.05, 0.1) is 5.56 Å². The van der Waals surface area contributed by atoms with Crippen LogP contribution in [0.15, 0.2) is 35.1 Å². The van der Waals surface area contributed by atoms with Crippen LogP contribution in [0.4, 0.5) is 30.5 Å². The first-order chi connectivity index (χ1) is 9.41. The molecule has 0 saturated heterocycles. The van der Waals surface area contributed by atoms with Crippen LogP contribution in [0.1, 0.15) is 5.56 Å². The molecule has 2 aromatic rings. The van der Waals surface area contributed by atoms with Gasteiger partial charge in [-0.15, -0.1) is 0 Å². The van der Waals surface area contributed by atoms with Gasteiger partial charge in [0.1, 0.15) is 16.6 Å². The van der Waals surface area contributed by atoms with E-state index in [1.807, 2.05) is 0 Å². The average molecular weight is 348 g/mol. The van der Waals surface area contributed by atoms with Crippen LogP contribution in [0.3, 0.4) is 0 Å². The molecule has 0 spiro atoms. The normalized spacial score (nSPS) is 11.2. The van der Waals surface area contributed by atoms with Gasteiger partial charge in [-0.1, -0.05) is 6.07 Å². The van der Waals surface area contributed by atoms with Gasteiger partial charge in [0.15, 0.2) is 5.82 Å². The van der Waals surface area contributed by atoms with Gasteiger partial charge < -0.3 is 10.7 Å². The van der Waals surface area contributed by atoms with Gasteiger partial charge in [0.2, 0.25) is 0 Å². The lowest BCUT2D eigenvalue weighted by molar-refractivity contribution is -0.137. The second-order valence-corrected chi connectivity index (χ2v) is 4.53. The van der Waals surface area contributed by atoms with E-state index < -0.39 is 11.7 Å². The number of nitrogens with one attached hydrogen (secondary N) is 2. The SMILES string of the molecule is NNc1ncnc(Nc2cccc(C(F)(F)F)c2)c1Br. The Labute approximate surface area is 120 Å². The molecule has 106 valence electrons. The Morgan fingerprint density at radius 2 is 1.85 bits per heavy atom. The van der Waals surface area contributed by atoms with E-state index in [0.717, 1.165) is 12.1 Å². The van der Waals surface area contributed by atoms with Gasteiger partial charge in [-0.05, 0) is 34.1 Å². The number of hydrazine groups is 1. The maximum Gasteiger partial charge on any atom is 0.416 e. The van der Waals surface area contributed by atoms with Gasteiger partial charge in [-0.3, -0.25) is 0 Å². The fourth-order valence-electron chi connectivity index (χ4n) is 1.47. The Hall–Kier alpha value is -1.87. The standard InChI is InChI=1S/C11H9BrF3N5/c12-8-9(17-5-18-10(8)20-16)19-7-3-1-2-6(4-7)11(13,14)15/h1-5H,16H2,(H2,17,18,19,20). The number of hydrogen-bond acceptors (Lipinski definition) is 5. The molecule has 0 aliphatic heterocycles. The van der Waals surface area contributed by atoms with Crippen LogP contribution >= 0.6 is 15.9 Å². The summed E-state index contributed by atoms with van der Waals surface area (Å²) < 4.78 is 38.3. The van der Waals surface area contributed by atoms with Crippen molar-refractivity contribution in [3.05, 3.63) is 40.6 Å². The van der Waals surface area contributed by atoms with E-state index in [0.29, 0.717) is 16.1 Å². The molecule has 0 bridgehead atoms. The molecule has 0 aliphatic carbocycles. The van der Waals surface area contributed by atoms with Crippen LogP contribution in [0.2, 0.25) is 0 Å². The molecule has 0 radical (unpaired) electrons. The molecule has 0 atom stereocenters. The number of benzene rings is 1. The highest BCUT2D eigenvalue weighted by atomic mass is 79.9. The van der Waals surface area contributed by atoms with E-state index in [1.54, 1.807) is 0 Å². The molecule has 1 heterocycles. The summed E-state index contributed by atoms with van der Waals surface area (Å²) in [6, 6.07) is 4.79. The molecule has 9 heteroatoms. The van der Waals surface area contributed by atoms with Crippen molar-refractivity contribution in [2.24, 2.45) is 5.84 Å². The van der Waals surface area contributed by atoms with Crippen LogP contribution in [0.25, 0.3) is 0 Å². The predicted octanol–water partition coefficient (Wildman–Crippen LogP) is 3.29. The summed E-state index contributed by atoms with van der Waals surface area (Å²) in [6.07, 6.45) is -3.17. The van der Waals surface area contributed by atoms with Crippen molar-refractivity contribution in [3.63, 3.8) is 0 Å². The van der Waals surface area contributed by atoms with Crippen molar-refractivity contribution in [1.82, 2.24) is 9.97 Å². The van der Waals surface area contributed by atoms with Crippen molar-refractivity contribution in [3.8, 4) is 0 Å². The third-order valence-corrected chi connectivity index (χ3v) is 3.13. The minimum Gasteiger partial charge on any atom is -0.339 e. The summed E-state index contributed by atoms with van der Waals surface area (Å²) in [6.45, 7) is 0. The molecular formula is C11H9BrF3N5. The fraction of sp³-hybridized carbons (Fsp3) is 0.0909. The Morgan fingerprint density at radius 3 is 2.50 bits per heavy atom. The summed E-state index contributed by atoms with van der Waals surface area (Å²) in [4.78, 5) is 7.77. The Morgan fingerprint density at radius 1 is 1.15 bits per heavy atom. The zero-order valence-corrected chi connectivity index (χ0v) is 11.5. The van der Waals surface area contributed by atoms with E-state index in [9.17, 15) is 13.2 Å². The lowest BCUT2D eigenvalue weighted by atomic mass is 10.2. The van der Waals surface area contributed by atoms with Crippen molar-refractivity contribution in [1.29, 1.82) is 0 Å². The third-order valence-electron chi connectivity index (χ3n) is 2.38. The lowest BCUT2D eigenvalue weighted by Crippen LogP contribution is -2.10. The van der Waals surface area contributed by atoms with E-state index >= 15 is 0 Å². The quantitative estimate of drug-likeness (QED) is 0.586. The molecule has 2 rings (SSSR count). The third kappa shape index (κ3) is 3.17. The smallest absolute Gasteiger partial charge is 0.339 e. The fourth-order valence-corrected chi connectivity index (χ4v) is 1.89. The van der Waals surface area contributed by atoms with E-state index in [-0.39, 0.29) is 5.69 Å². The Balaban J connectivity index is 2.31. The van der Waals surface area contributed by atoms with Gasteiger partial charge >= 0.3 is 6.18 Å².